The van der Waals surface area contributed by atoms with E-state index in [0.717, 1.165) is 0 Å². The zero-order valence-electron chi connectivity index (χ0n) is 5.07. The number of hydrogen-bond donors (Lipinski definition) is 3. The summed E-state index contributed by atoms with van der Waals surface area (Å²) in [5, 5.41) is 9.87. The van der Waals surface area contributed by atoms with Crippen LogP contribution in [0, 0.1) is 0 Å². The molecule has 0 rings (SSSR count). The second-order valence-electron chi connectivity index (χ2n) is 1.33. The minimum atomic E-state index is -1.88. The van der Waals surface area contributed by atoms with Crippen LogP contribution in [0.1, 0.15) is 0 Å². The van der Waals surface area contributed by atoms with Crippen LogP contribution in [0.3, 0.4) is 0 Å². The van der Waals surface area contributed by atoms with Gasteiger partial charge >= 0.3 is 0 Å². The number of nitrogens with one attached hydrogen (secondary N) is 1. The van der Waals surface area contributed by atoms with Crippen molar-refractivity contribution in [1.29, 1.82) is 0 Å². The van der Waals surface area contributed by atoms with E-state index < -0.39 is 17.0 Å². The first-order valence-corrected chi connectivity index (χ1v) is 3.62. The Kier molecular flexibility index (Phi) is 5.03. The molecule has 0 bridgehead atoms. The Labute approximate surface area is 59.9 Å². The van der Waals surface area contributed by atoms with Gasteiger partial charge in [-0.3, -0.25) is 4.79 Å². The average molecular weight is 168 g/mol. The van der Waals surface area contributed by atoms with Crippen LogP contribution in [0.4, 0.5) is 0 Å². The zero-order valence-corrected chi connectivity index (χ0v) is 5.89. The van der Waals surface area contributed by atoms with E-state index in [4.69, 9.17) is 11.0 Å². The van der Waals surface area contributed by atoms with Crippen LogP contribution in [0.2, 0.25) is 0 Å². The smallest absolute Gasteiger partial charge is 0.234 e. The third-order valence-electron chi connectivity index (χ3n) is 0.656. The van der Waals surface area contributed by atoms with Gasteiger partial charge in [-0.05, 0) is 0 Å². The van der Waals surface area contributed by atoms with Gasteiger partial charge in [0, 0.05) is 0 Å². The zero-order chi connectivity index (χ0) is 7.98. The second-order valence-corrected chi connectivity index (χ2v) is 2.37. The van der Waals surface area contributed by atoms with Gasteiger partial charge in [-0.1, -0.05) is 0 Å². The molecule has 0 aliphatic rings. The van der Waals surface area contributed by atoms with E-state index in [1.165, 1.54) is 0 Å². The number of rotatable bonds is 4. The Balaban J connectivity index is 3.35. The highest BCUT2D eigenvalue weighted by atomic mass is 32.2. The summed E-state index contributed by atoms with van der Waals surface area (Å²) in [6.07, 6.45) is 0. The maximum atomic E-state index is 10.3. The number of carbonyl (C=O) groups excluding carboxylic acids is 1. The summed E-state index contributed by atoms with van der Waals surface area (Å²) in [7, 11) is 0. The molecule has 0 aromatic heterocycles. The van der Waals surface area contributed by atoms with Gasteiger partial charge in [0.2, 0.25) is 17.0 Å². The molecule has 1 amide bonds. The lowest BCUT2D eigenvalue weighted by molar-refractivity contribution is -0.125. The van der Waals surface area contributed by atoms with Crippen LogP contribution in [-0.2, 0) is 20.2 Å². The first-order chi connectivity index (χ1) is 4.70. The van der Waals surface area contributed by atoms with Crippen molar-refractivity contribution in [1.82, 2.24) is 5.32 Å². The molecule has 0 heterocycles. The fourth-order valence-corrected chi connectivity index (χ4v) is 0.569. The molecule has 60 valence electrons. The van der Waals surface area contributed by atoms with Crippen LogP contribution in [-0.4, -0.2) is 27.8 Å². The van der Waals surface area contributed by atoms with Gasteiger partial charge in [-0.2, -0.15) is 0 Å². The number of hydrogen-bond acceptors (Lipinski definition) is 5. The van der Waals surface area contributed by atoms with Gasteiger partial charge in [-0.25, -0.2) is 9.47 Å². The van der Waals surface area contributed by atoms with Crippen molar-refractivity contribution in [3.63, 3.8) is 0 Å². The molecule has 4 N–H and O–H groups in total. The first-order valence-electron chi connectivity index (χ1n) is 2.37. The lowest BCUT2D eigenvalue weighted by Gasteiger charge is -1.98. The largest absolute Gasteiger partial charge is 0.341 e. The average Bonchev–Trinajstić information content (AvgIpc) is 1.99. The fraction of sp³-hybridized carbons (Fsp3) is 0.667. The topological polar surface area (TPSA) is 102 Å². The van der Waals surface area contributed by atoms with E-state index in [0.29, 0.717) is 0 Å². The summed E-state index contributed by atoms with van der Waals surface area (Å²) in [6.45, 7) is -0.178. The predicted octanol–water partition coefficient (Wildman–Crippen LogP) is -1.83. The van der Waals surface area contributed by atoms with Gasteiger partial charge in [0.15, 0.2) is 0 Å². The quantitative estimate of drug-likeness (QED) is 0.338. The minimum absolute atomic E-state index is 0.178. The summed E-state index contributed by atoms with van der Waals surface area (Å²) in [5.41, 5.74) is 4.89. The van der Waals surface area contributed by atoms with Gasteiger partial charge in [-0.15, -0.1) is 4.33 Å². The molecule has 1 unspecified atom stereocenters. The van der Waals surface area contributed by atoms with Crippen molar-refractivity contribution in [2.75, 3.05) is 12.4 Å². The van der Waals surface area contributed by atoms with Crippen molar-refractivity contribution in [3.05, 3.63) is 0 Å². The maximum Gasteiger partial charge on any atom is 0.234 e. The third-order valence-corrected chi connectivity index (χ3v) is 1.20. The fourth-order valence-electron chi connectivity index (χ4n) is 0.238. The first kappa shape index (κ1) is 9.50. The highest BCUT2D eigenvalue weighted by Crippen LogP contribution is 1.75. The number of carbonyl (C=O) groups is 1. The Morgan fingerprint density at radius 2 is 2.40 bits per heavy atom. The molecule has 0 saturated heterocycles. The molecule has 0 saturated carbocycles. The number of amides is 1. The van der Waals surface area contributed by atoms with Crippen molar-refractivity contribution in [2.45, 2.75) is 0 Å². The normalized spacial score (nSPS) is 12.6. The summed E-state index contributed by atoms with van der Waals surface area (Å²) in [4.78, 5) is 10.3. The van der Waals surface area contributed by atoms with Crippen LogP contribution in [0.5, 0.6) is 0 Å². The standard InChI is InChI=1S/C3H8N2O4S/c4-1-3(6)5-2-10(8)9-7/h7H,1-2,4H2,(H,5,6). The van der Waals surface area contributed by atoms with Crippen LogP contribution >= 0.6 is 0 Å². The lowest BCUT2D eigenvalue weighted by atomic mass is 10.6. The van der Waals surface area contributed by atoms with E-state index in [-0.39, 0.29) is 12.4 Å². The molecule has 0 radical (unpaired) electrons. The minimum Gasteiger partial charge on any atom is -0.341 e. The lowest BCUT2D eigenvalue weighted by Crippen LogP contribution is -2.32. The van der Waals surface area contributed by atoms with Crippen LogP contribution in [0.15, 0.2) is 0 Å². The molecular weight excluding hydrogens is 160 g/mol. The molecule has 0 aliphatic heterocycles. The Morgan fingerprint density at radius 1 is 1.80 bits per heavy atom. The molecule has 10 heavy (non-hydrogen) atoms. The summed E-state index contributed by atoms with van der Waals surface area (Å²) < 4.78 is 13.6. The van der Waals surface area contributed by atoms with Gasteiger partial charge in [0.05, 0.1) is 6.54 Å². The molecule has 1 atom stereocenters. The van der Waals surface area contributed by atoms with Crippen molar-refractivity contribution < 1.29 is 18.6 Å². The van der Waals surface area contributed by atoms with E-state index in [1.807, 2.05) is 0 Å². The predicted molar refractivity (Wildman–Crippen MR) is 33.9 cm³/mol. The molecule has 0 aromatic carbocycles. The van der Waals surface area contributed by atoms with Crippen LogP contribution < -0.4 is 11.1 Å². The van der Waals surface area contributed by atoms with Crippen molar-refractivity contribution in [2.24, 2.45) is 5.73 Å². The highest BCUT2D eigenvalue weighted by Gasteiger charge is 2.00. The van der Waals surface area contributed by atoms with E-state index >= 15 is 0 Å². The highest BCUT2D eigenvalue weighted by molar-refractivity contribution is 7.80. The van der Waals surface area contributed by atoms with Crippen molar-refractivity contribution >= 4 is 17.0 Å². The number of nitrogens with two attached hydrogens (primary N) is 1. The van der Waals surface area contributed by atoms with Gasteiger partial charge in [0.1, 0.15) is 5.88 Å². The van der Waals surface area contributed by atoms with E-state index in [2.05, 4.69) is 9.65 Å². The molecule has 0 aromatic rings. The van der Waals surface area contributed by atoms with Gasteiger partial charge < -0.3 is 11.1 Å². The summed E-state index contributed by atoms with van der Waals surface area (Å²) in [5.74, 6) is -0.711. The SMILES string of the molecule is NCC(=O)NCS(=O)OO. The monoisotopic (exact) mass is 168 g/mol. The van der Waals surface area contributed by atoms with Crippen LogP contribution in [0.25, 0.3) is 0 Å². The Bertz CT molecular complexity index is 122. The summed E-state index contributed by atoms with van der Waals surface area (Å²) in [6, 6.07) is 0. The Hall–Kier alpha value is -0.500. The van der Waals surface area contributed by atoms with E-state index in [1.54, 1.807) is 0 Å². The van der Waals surface area contributed by atoms with Crippen molar-refractivity contribution in [3.8, 4) is 0 Å². The Morgan fingerprint density at radius 3 is 2.80 bits per heavy atom. The second kappa shape index (κ2) is 5.30. The van der Waals surface area contributed by atoms with E-state index in [9.17, 15) is 9.00 Å². The summed E-state index contributed by atoms with van der Waals surface area (Å²) >= 11 is -1.88. The maximum absolute atomic E-state index is 10.3. The molecule has 0 aliphatic carbocycles. The third kappa shape index (κ3) is 4.39. The molecular formula is C3H8N2O4S. The molecule has 0 fully saturated rings. The molecule has 6 nitrogen and oxygen atoms in total. The van der Waals surface area contributed by atoms with Gasteiger partial charge in [0.25, 0.3) is 0 Å². The molecule has 0 spiro atoms. The molecule has 7 heteroatoms.